The molecule has 0 bridgehead atoms. The van der Waals surface area contributed by atoms with E-state index in [0.29, 0.717) is 42.3 Å². The van der Waals surface area contributed by atoms with Crippen molar-refractivity contribution in [1.82, 2.24) is 9.80 Å². The van der Waals surface area contributed by atoms with Gasteiger partial charge in [0.15, 0.2) is 0 Å². The van der Waals surface area contributed by atoms with Crippen molar-refractivity contribution in [2.24, 2.45) is 0 Å². The van der Waals surface area contributed by atoms with Crippen LogP contribution in [0.5, 0.6) is 0 Å². The van der Waals surface area contributed by atoms with E-state index in [9.17, 15) is 9.59 Å². The lowest BCUT2D eigenvalue weighted by atomic mass is 10.0. The Hall–Kier alpha value is -3.37. The van der Waals surface area contributed by atoms with Gasteiger partial charge in [0, 0.05) is 24.7 Å². The Labute approximate surface area is 200 Å². The molecule has 0 atom stereocenters. The molecular formula is C28H27ClN2O2. The highest BCUT2D eigenvalue weighted by molar-refractivity contribution is 6.35. The molecule has 2 amide bonds. The molecule has 4 nitrogen and oxygen atoms in total. The first-order valence-electron chi connectivity index (χ1n) is 11.2. The molecule has 33 heavy (non-hydrogen) atoms. The fraction of sp³-hybridized carbons (Fsp3) is 0.214. The summed E-state index contributed by atoms with van der Waals surface area (Å²) < 4.78 is 0. The van der Waals surface area contributed by atoms with E-state index >= 15 is 0 Å². The topological polar surface area (TPSA) is 40.6 Å². The van der Waals surface area contributed by atoms with Crippen molar-refractivity contribution in [3.63, 3.8) is 0 Å². The molecule has 0 aliphatic carbocycles. The van der Waals surface area contributed by atoms with E-state index in [2.05, 4.69) is 0 Å². The maximum atomic E-state index is 13.6. The first-order chi connectivity index (χ1) is 16.0. The second-order valence-corrected chi connectivity index (χ2v) is 8.66. The van der Waals surface area contributed by atoms with Crippen molar-refractivity contribution in [2.45, 2.75) is 26.8 Å². The second kappa shape index (κ2) is 10.1. The van der Waals surface area contributed by atoms with Gasteiger partial charge in [0.2, 0.25) is 0 Å². The number of carbonyl (C=O) groups is 2. The summed E-state index contributed by atoms with van der Waals surface area (Å²) in [5, 5.41) is 0.664. The molecule has 1 aliphatic rings. The van der Waals surface area contributed by atoms with Gasteiger partial charge in [0.05, 0.1) is 5.57 Å². The highest BCUT2D eigenvalue weighted by Gasteiger charge is 2.41. The highest BCUT2D eigenvalue weighted by atomic mass is 35.5. The fourth-order valence-electron chi connectivity index (χ4n) is 4.08. The molecule has 0 unspecified atom stereocenters. The number of aryl methyl sites for hydroxylation is 1. The second-order valence-electron chi connectivity index (χ2n) is 8.23. The first kappa shape index (κ1) is 22.8. The standard InChI is InChI=1S/C28H27ClN2O2/c1-3-30(19-22-7-5-4-6-8-22)26-25(23-13-9-20(2)10-14-23)27(32)31(28(26)33)18-17-21-11-15-24(29)16-12-21/h4-16H,3,17-19H2,1-2H3. The van der Waals surface area contributed by atoms with Crippen LogP contribution in [0.4, 0.5) is 0 Å². The largest absolute Gasteiger partial charge is 0.362 e. The number of hydrogen-bond donors (Lipinski definition) is 0. The lowest BCUT2D eigenvalue weighted by Gasteiger charge is -2.25. The molecule has 0 spiro atoms. The molecule has 1 aliphatic heterocycles. The smallest absolute Gasteiger partial charge is 0.277 e. The summed E-state index contributed by atoms with van der Waals surface area (Å²) in [6.07, 6.45) is 0.577. The lowest BCUT2D eigenvalue weighted by Crippen LogP contribution is -2.36. The molecule has 3 aromatic carbocycles. The molecule has 0 fully saturated rings. The van der Waals surface area contributed by atoms with Gasteiger partial charge in [-0.15, -0.1) is 0 Å². The molecule has 0 aromatic heterocycles. The SMILES string of the molecule is CCN(Cc1ccccc1)C1=C(c2ccc(C)cc2)C(=O)N(CCc2ccc(Cl)cc2)C1=O. The Kier molecular flexibility index (Phi) is 6.95. The zero-order chi connectivity index (χ0) is 23.4. The summed E-state index contributed by atoms with van der Waals surface area (Å²) in [7, 11) is 0. The number of imide groups is 1. The van der Waals surface area contributed by atoms with Gasteiger partial charge >= 0.3 is 0 Å². The van der Waals surface area contributed by atoms with Gasteiger partial charge in [-0.1, -0.05) is 83.9 Å². The molecule has 3 aromatic rings. The average molecular weight is 459 g/mol. The van der Waals surface area contributed by atoms with Crippen LogP contribution < -0.4 is 0 Å². The van der Waals surface area contributed by atoms with Gasteiger partial charge in [-0.2, -0.15) is 0 Å². The average Bonchev–Trinajstić information content (AvgIpc) is 3.08. The van der Waals surface area contributed by atoms with Crippen LogP contribution in [0.2, 0.25) is 5.02 Å². The van der Waals surface area contributed by atoms with E-state index in [1.165, 1.54) is 4.90 Å². The third kappa shape index (κ3) is 5.01. The predicted octanol–water partition coefficient (Wildman–Crippen LogP) is 5.49. The molecule has 0 radical (unpaired) electrons. The van der Waals surface area contributed by atoms with Crippen LogP contribution >= 0.6 is 11.6 Å². The highest BCUT2D eigenvalue weighted by Crippen LogP contribution is 2.32. The number of amides is 2. The minimum absolute atomic E-state index is 0.234. The van der Waals surface area contributed by atoms with E-state index < -0.39 is 0 Å². The minimum Gasteiger partial charge on any atom is -0.362 e. The van der Waals surface area contributed by atoms with Crippen molar-refractivity contribution in [3.05, 3.63) is 112 Å². The summed E-state index contributed by atoms with van der Waals surface area (Å²) in [6, 6.07) is 25.3. The number of benzene rings is 3. The van der Waals surface area contributed by atoms with Crippen LogP contribution in [-0.2, 0) is 22.6 Å². The fourth-order valence-corrected chi connectivity index (χ4v) is 4.21. The van der Waals surface area contributed by atoms with Gasteiger partial charge < -0.3 is 4.90 Å². The number of rotatable bonds is 8. The zero-order valence-electron chi connectivity index (χ0n) is 18.9. The monoisotopic (exact) mass is 458 g/mol. The third-order valence-corrected chi connectivity index (χ3v) is 6.19. The molecule has 0 saturated carbocycles. The van der Waals surface area contributed by atoms with Crippen molar-refractivity contribution >= 4 is 29.0 Å². The van der Waals surface area contributed by atoms with Crippen molar-refractivity contribution in [2.75, 3.05) is 13.1 Å². The van der Waals surface area contributed by atoms with Crippen LogP contribution in [0.15, 0.2) is 84.6 Å². The Morgan fingerprint density at radius 3 is 2.12 bits per heavy atom. The first-order valence-corrected chi connectivity index (χ1v) is 11.6. The molecule has 0 N–H and O–H groups in total. The zero-order valence-corrected chi connectivity index (χ0v) is 19.7. The Morgan fingerprint density at radius 2 is 1.48 bits per heavy atom. The summed E-state index contributed by atoms with van der Waals surface area (Å²) in [4.78, 5) is 30.6. The molecule has 1 heterocycles. The Morgan fingerprint density at radius 1 is 0.818 bits per heavy atom. The van der Waals surface area contributed by atoms with Gasteiger partial charge in [-0.3, -0.25) is 14.5 Å². The predicted molar refractivity (Wildman–Crippen MR) is 133 cm³/mol. The van der Waals surface area contributed by atoms with Crippen LogP contribution in [-0.4, -0.2) is 34.7 Å². The van der Waals surface area contributed by atoms with Crippen molar-refractivity contribution in [1.29, 1.82) is 0 Å². The summed E-state index contributed by atoms with van der Waals surface area (Å²) in [5.74, 6) is -0.471. The van der Waals surface area contributed by atoms with E-state index in [0.717, 1.165) is 22.3 Å². The van der Waals surface area contributed by atoms with E-state index in [1.807, 2.05) is 97.6 Å². The van der Waals surface area contributed by atoms with Crippen LogP contribution in [0, 0.1) is 6.92 Å². The van der Waals surface area contributed by atoms with Crippen LogP contribution in [0.3, 0.4) is 0 Å². The summed E-state index contributed by atoms with van der Waals surface area (Å²) in [6.45, 7) is 5.51. The van der Waals surface area contributed by atoms with Gasteiger partial charge in [0.1, 0.15) is 5.70 Å². The van der Waals surface area contributed by atoms with Gasteiger partial charge in [-0.05, 0) is 49.1 Å². The summed E-state index contributed by atoms with van der Waals surface area (Å²) in [5.41, 5.74) is 4.96. The molecule has 5 heteroatoms. The minimum atomic E-state index is -0.237. The number of nitrogens with zero attached hydrogens (tertiary/aromatic N) is 2. The Balaban J connectivity index is 1.67. The Bertz CT molecular complexity index is 1170. The van der Waals surface area contributed by atoms with Gasteiger partial charge in [-0.25, -0.2) is 0 Å². The van der Waals surface area contributed by atoms with E-state index in [1.54, 1.807) is 0 Å². The van der Waals surface area contributed by atoms with Gasteiger partial charge in [0.25, 0.3) is 11.8 Å². The number of hydrogen-bond acceptors (Lipinski definition) is 3. The third-order valence-electron chi connectivity index (χ3n) is 5.94. The normalized spacial score (nSPS) is 13.7. The molecule has 168 valence electrons. The molecule has 4 rings (SSSR count). The molecule has 0 saturated heterocycles. The maximum Gasteiger partial charge on any atom is 0.277 e. The number of likely N-dealkylation sites (N-methyl/N-ethyl adjacent to an activating group) is 1. The summed E-state index contributed by atoms with van der Waals surface area (Å²) >= 11 is 5.99. The maximum absolute atomic E-state index is 13.6. The lowest BCUT2D eigenvalue weighted by molar-refractivity contribution is -0.137. The van der Waals surface area contributed by atoms with Crippen molar-refractivity contribution in [3.8, 4) is 0 Å². The van der Waals surface area contributed by atoms with E-state index in [-0.39, 0.29) is 11.8 Å². The number of carbonyl (C=O) groups excluding carboxylic acids is 2. The molecular weight excluding hydrogens is 432 g/mol. The number of halogens is 1. The van der Waals surface area contributed by atoms with E-state index in [4.69, 9.17) is 11.6 Å². The van der Waals surface area contributed by atoms with Crippen LogP contribution in [0.25, 0.3) is 5.57 Å². The quantitative estimate of drug-likeness (QED) is 0.419. The van der Waals surface area contributed by atoms with Crippen LogP contribution in [0.1, 0.15) is 29.2 Å². The van der Waals surface area contributed by atoms with Crippen molar-refractivity contribution < 1.29 is 9.59 Å².